The van der Waals surface area contributed by atoms with Crippen LogP contribution in [0.4, 0.5) is 0 Å². The molecule has 0 radical (unpaired) electrons. The summed E-state index contributed by atoms with van der Waals surface area (Å²) in [6.07, 6.45) is 2.74. The molecule has 19 heavy (non-hydrogen) atoms. The maximum atomic E-state index is 12.2. The van der Waals surface area contributed by atoms with Gasteiger partial charge >= 0.3 is 0 Å². The molecule has 0 amide bonds. The molecule has 0 aliphatic heterocycles. The summed E-state index contributed by atoms with van der Waals surface area (Å²) in [4.78, 5) is 12.2. The number of carbonyl (C=O) groups is 1. The normalized spacial score (nSPS) is 11.5. The molecule has 0 fully saturated rings. The van der Waals surface area contributed by atoms with Crippen molar-refractivity contribution >= 4 is 5.78 Å². The summed E-state index contributed by atoms with van der Waals surface area (Å²) >= 11 is 0. The standard InChI is InChI=1S/C15H19N3O/c1-15(2,16)10-8-14(19)13-9-11-17-18(13)12-6-4-3-5-7-12/h3-7,9,11H,8,10,16H2,1-2H3. The lowest BCUT2D eigenvalue weighted by atomic mass is 9.97. The number of benzene rings is 1. The molecular weight excluding hydrogens is 238 g/mol. The minimum absolute atomic E-state index is 0.0693. The summed E-state index contributed by atoms with van der Waals surface area (Å²) in [6.45, 7) is 3.85. The first kappa shape index (κ1) is 13.5. The van der Waals surface area contributed by atoms with Crippen LogP contribution in [-0.4, -0.2) is 21.1 Å². The molecule has 1 heterocycles. The molecule has 4 nitrogen and oxygen atoms in total. The molecule has 2 rings (SSSR count). The van der Waals surface area contributed by atoms with Gasteiger partial charge in [0.25, 0.3) is 0 Å². The Labute approximate surface area is 113 Å². The van der Waals surface area contributed by atoms with Crippen LogP contribution >= 0.6 is 0 Å². The molecule has 0 spiro atoms. The first-order valence-corrected chi connectivity index (χ1v) is 6.39. The molecule has 2 aromatic rings. The second kappa shape index (κ2) is 5.36. The predicted octanol–water partition coefficient (Wildman–Crippen LogP) is 2.57. The highest BCUT2D eigenvalue weighted by Gasteiger charge is 2.17. The Morgan fingerprint density at radius 3 is 2.58 bits per heavy atom. The average Bonchev–Trinajstić information content (AvgIpc) is 2.85. The van der Waals surface area contributed by atoms with Crippen LogP contribution in [0, 0.1) is 0 Å². The van der Waals surface area contributed by atoms with Crippen LogP contribution in [0.5, 0.6) is 0 Å². The third-order valence-corrected chi connectivity index (χ3v) is 2.93. The molecule has 0 saturated heterocycles. The molecule has 0 bridgehead atoms. The molecule has 0 saturated carbocycles. The van der Waals surface area contributed by atoms with Crippen molar-refractivity contribution in [2.45, 2.75) is 32.2 Å². The van der Waals surface area contributed by atoms with Gasteiger partial charge in [-0.2, -0.15) is 5.10 Å². The Morgan fingerprint density at radius 2 is 1.95 bits per heavy atom. The zero-order chi connectivity index (χ0) is 13.9. The van der Waals surface area contributed by atoms with E-state index in [1.165, 1.54) is 0 Å². The van der Waals surface area contributed by atoms with Gasteiger partial charge in [-0.3, -0.25) is 4.79 Å². The molecule has 0 aliphatic carbocycles. The smallest absolute Gasteiger partial charge is 0.181 e. The number of rotatable bonds is 5. The molecular formula is C15H19N3O. The van der Waals surface area contributed by atoms with Gasteiger partial charge in [-0.15, -0.1) is 0 Å². The second-order valence-corrected chi connectivity index (χ2v) is 5.38. The number of hydrogen-bond donors (Lipinski definition) is 1. The van der Waals surface area contributed by atoms with Crippen LogP contribution in [0.25, 0.3) is 5.69 Å². The minimum Gasteiger partial charge on any atom is -0.326 e. The molecule has 4 heteroatoms. The number of Topliss-reactive ketones (excluding diaryl/α,β-unsaturated/α-hetero) is 1. The Hall–Kier alpha value is -1.94. The summed E-state index contributed by atoms with van der Waals surface area (Å²) < 4.78 is 1.67. The Kier molecular flexibility index (Phi) is 3.81. The Bertz CT molecular complexity index is 552. The molecule has 100 valence electrons. The van der Waals surface area contributed by atoms with Crippen molar-refractivity contribution in [2.75, 3.05) is 0 Å². The van der Waals surface area contributed by atoms with E-state index in [1.54, 1.807) is 16.9 Å². The SMILES string of the molecule is CC(C)(N)CCC(=O)c1ccnn1-c1ccccc1. The maximum absolute atomic E-state index is 12.2. The first-order valence-electron chi connectivity index (χ1n) is 6.39. The third-order valence-electron chi connectivity index (χ3n) is 2.93. The minimum atomic E-state index is -0.326. The van der Waals surface area contributed by atoms with Gasteiger partial charge in [-0.1, -0.05) is 18.2 Å². The zero-order valence-electron chi connectivity index (χ0n) is 11.3. The number of nitrogens with zero attached hydrogens (tertiary/aromatic N) is 2. The number of para-hydroxylation sites is 1. The first-order chi connectivity index (χ1) is 8.97. The molecule has 1 aromatic heterocycles. The number of ketones is 1. The third kappa shape index (κ3) is 3.51. The molecule has 0 unspecified atom stereocenters. The van der Waals surface area contributed by atoms with Crippen LogP contribution in [0.15, 0.2) is 42.6 Å². The van der Waals surface area contributed by atoms with E-state index in [0.29, 0.717) is 18.5 Å². The Morgan fingerprint density at radius 1 is 1.26 bits per heavy atom. The van der Waals surface area contributed by atoms with E-state index in [-0.39, 0.29) is 11.3 Å². The topological polar surface area (TPSA) is 60.9 Å². The van der Waals surface area contributed by atoms with Crippen LogP contribution in [0.1, 0.15) is 37.2 Å². The highest BCUT2D eigenvalue weighted by molar-refractivity contribution is 5.95. The zero-order valence-corrected chi connectivity index (χ0v) is 11.3. The van der Waals surface area contributed by atoms with Crippen molar-refractivity contribution in [3.05, 3.63) is 48.3 Å². The van der Waals surface area contributed by atoms with Gasteiger partial charge in [0.15, 0.2) is 5.78 Å². The number of hydrogen-bond acceptors (Lipinski definition) is 3. The van der Waals surface area contributed by atoms with E-state index < -0.39 is 0 Å². The van der Waals surface area contributed by atoms with E-state index in [9.17, 15) is 4.79 Å². The van der Waals surface area contributed by atoms with Gasteiger partial charge in [0.1, 0.15) is 5.69 Å². The van der Waals surface area contributed by atoms with Gasteiger partial charge < -0.3 is 5.73 Å². The molecule has 0 atom stereocenters. The van der Waals surface area contributed by atoms with E-state index >= 15 is 0 Å². The van der Waals surface area contributed by atoms with Crippen molar-refractivity contribution < 1.29 is 4.79 Å². The van der Waals surface area contributed by atoms with Crippen LogP contribution in [-0.2, 0) is 0 Å². The van der Waals surface area contributed by atoms with Gasteiger partial charge in [0.05, 0.1) is 11.9 Å². The van der Waals surface area contributed by atoms with Crippen molar-refractivity contribution in [1.82, 2.24) is 9.78 Å². The lowest BCUT2D eigenvalue weighted by molar-refractivity contribution is 0.0965. The van der Waals surface area contributed by atoms with E-state index in [2.05, 4.69) is 5.10 Å². The van der Waals surface area contributed by atoms with Gasteiger partial charge in [0.2, 0.25) is 0 Å². The van der Waals surface area contributed by atoms with E-state index in [4.69, 9.17) is 5.73 Å². The van der Waals surface area contributed by atoms with Gasteiger partial charge in [0, 0.05) is 12.0 Å². The van der Waals surface area contributed by atoms with E-state index in [1.807, 2.05) is 44.2 Å². The Balaban J connectivity index is 2.18. The lowest BCUT2D eigenvalue weighted by Gasteiger charge is -2.17. The molecule has 0 aliphatic rings. The fraction of sp³-hybridized carbons (Fsp3) is 0.333. The van der Waals surface area contributed by atoms with Crippen molar-refractivity contribution in [3.8, 4) is 5.69 Å². The molecule has 1 aromatic carbocycles. The lowest BCUT2D eigenvalue weighted by Crippen LogP contribution is -2.32. The number of aromatic nitrogens is 2. The fourth-order valence-corrected chi connectivity index (χ4v) is 1.85. The molecule has 2 N–H and O–H groups in total. The van der Waals surface area contributed by atoms with E-state index in [0.717, 1.165) is 5.69 Å². The predicted molar refractivity (Wildman–Crippen MR) is 75.4 cm³/mol. The average molecular weight is 257 g/mol. The number of carbonyl (C=O) groups excluding carboxylic acids is 1. The van der Waals surface area contributed by atoms with Crippen molar-refractivity contribution in [1.29, 1.82) is 0 Å². The maximum Gasteiger partial charge on any atom is 0.181 e. The summed E-state index contributed by atoms with van der Waals surface area (Å²) in [5, 5.41) is 4.22. The highest BCUT2D eigenvalue weighted by Crippen LogP contribution is 2.15. The summed E-state index contributed by atoms with van der Waals surface area (Å²) in [7, 11) is 0. The quantitative estimate of drug-likeness (QED) is 0.837. The van der Waals surface area contributed by atoms with Crippen molar-refractivity contribution in [2.24, 2.45) is 5.73 Å². The van der Waals surface area contributed by atoms with Gasteiger partial charge in [-0.25, -0.2) is 4.68 Å². The number of nitrogens with two attached hydrogens (primary N) is 1. The van der Waals surface area contributed by atoms with Crippen LogP contribution in [0.3, 0.4) is 0 Å². The summed E-state index contributed by atoms with van der Waals surface area (Å²) in [5.74, 6) is 0.0693. The fourth-order valence-electron chi connectivity index (χ4n) is 1.85. The summed E-state index contributed by atoms with van der Waals surface area (Å²) in [6, 6.07) is 11.4. The largest absolute Gasteiger partial charge is 0.326 e. The summed E-state index contributed by atoms with van der Waals surface area (Å²) in [5.41, 5.74) is 7.08. The monoisotopic (exact) mass is 257 g/mol. The van der Waals surface area contributed by atoms with Crippen molar-refractivity contribution in [3.63, 3.8) is 0 Å². The highest BCUT2D eigenvalue weighted by atomic mass is 16.1. The van der Waals surface area contributed by atoms with Crippen LogP contribution < -0.4 is 5.73 Å². The second-order valence-electron chi connectivity index (χ2n) is 5.38. The van der Waals surface area contributed by atoms with Crippen LogP contribution in [0.2, 0.25) is 0 Å². The van der Waals surface area contributed by atoms with Gasteiger partial charge in [-0.05, 0) is 38.5 Å².